The highest BCUT2D eigenvalue weighted by molar-refractivity contribution is 7.89. The van der Waals surface area contributed by atoms with Gasteiger partial charge >= 0.3 is 0 Å². The molecule has 7 nitrogen and oxygen atoms in total. The van der Waals surface area contributed by atoms with E-state index in [9.17, 15) is 18.0 Å². The number of hydrogen-bond acceptors (Lipinski definition) is 4. The van der Waals surface area contributed by atoms with Crippen molar-refractivity contribution in [2.24, 2.45) is 0 Å². The van der Waals surface area contributed by atoms with Gasteiger partial charge in [0.25, 0.3) is 11.8 Å². The molecule has 8 heteroatoms. The van der Waals surface area contributed by atoms with Crippen LogP contribution in [0.1, 0.15) is 66.2 Å². The second-order valence-corrected chi connectivity index (χ2v) is 10.8. The molecule has 2 fully saturated rings. The number of sulfonamides is 1. The number of likely N-dealkylation sites (tertiary alicyclic amines) is 1. The topological polar surface area (TPSA) is 86.8 Å². The van der Waals surface area contributed by atoms with E-state index in [0.29, 0.717) is 17.8 Å². The van der Waals surface area contributed by atoms with Crippen LogP contribution < -0.4 is 5.32 Å². The van der Waals surface area contributed by atoms with Crippen molar-refractivity contribution in [3.05, 3.63) is 59.7 Å². The van der Waals surface area contributed by atoms with Crippen LogP contribution in [-0.4, -0.2) is 55.1 Å². The maximum absolute atomic E-state index is 13.2. The highest BCUT2D eigenvalue weighted by Gasteiger charge is 2.31. The predicted octanol–water partition coefficient (Wildman–Crippen LogP) is 4.13. The third-order valence-electron chi connectivity index (χ3n) is 6.46. The molecule has 1 unspecified atom stereocenters. The van der Waals surface area contributed by atoms with Gasteiger partial charge in [-0.15, -0.1) is 0 Å². The van der Waals surface area contributed by atoms with Crippen molar-refractivity contribution in [3.63, 3.8) is 0 Å². The summed E-state index contributed by atoms with van der Waals surface area (Å²) in [4.78, 5) is 27.7. The fraction of sp³-hybridized carbons (Fsp3) is 0.440. The van der Waals surface area contributed by atoms with Crippen molar-refractivity contribution in [1.82, 2.24) is 9.21 Å². The summed E-state index contributed by atoms with van der Waals surface area (Å²) in [6, 6.07) is 13.0. The number of nitrogens with zero attached hydrogens (tertiary/aromatic N) is 2. The van der Waals surface area contributed by atoms with E-state index >= 15 is 0 Å². The number of piperidine rings is 2. The van der Waals surface area contributed by atoms with Crippen LogP contribution in [0, 0.1) is 0 Å². The normalized spacial score (nSPS) is 19.8. The summed E-state index contributed by atoms with van der Waals surface area (Å²) in [5.74, 6) is -0.448. The molecular weight excluding hydrogens is 438 g/mol. The van der Waals surface area contributed by atoms with E-state index in [4.69, 9.17) is 0 Å². The lowest BCUT2D eigenvalue weighted by Crippen LogP contribution is -2.41. The van der Waals surface area contributed by atoms with E-state index in [1.54, 1.807) is 36.4 Å². The van der Waals surface area contributed by atoms with Crippen molar-refractivity contribution >= 4 is 27.5 Å². The van der Waals surface area contributed by atoms with Crippen LogP contribution in [0.4, 0.5) is 5.69 Å². The fourth-order valence-electron chi connectivity index (χ4n) is 4.57. The molecule has 2 aromatic rings. The smallest absolute Gasteiger partial charge is 0.255 e. The average molecular weight is 470 g/mol. The van der Waals surface area contributed by atoms with Gasteiger partial charge in [-0.1, -0.05) is 18.6 Å². The van der Waals surface area contributed by atoms with Gasteiger partial charge in [-0.25, -0.2) is 8.42 Å². The van der Waals surface area contributed by atoms with Crippen molar-refractivity contribution in [3.8, 4) is 0 Å². The molecule has 2 aliphatic heterocycles. The van der Waals surface area contributed by atoms with E-state index in [0.717, 1.165) is 51.6 Å². The van der Waals surface area contributed by atoms with Crippen LogP contribution in [0.3, 0.4) is 0 Å². The van der Waals surface area contributed by atoms with Gasteiger partial charge < -0.3 is 10.2 Å². The number of carbonyl (C=O) groups excluding carboxylic acids is 2. The Bertz CT molecular complexity index is 1130. The summed E-state index contributed by atoms with van der Waals surface area (Å²) in [5.41, 5.74) is 1.29. The molecule has 33 heavy (non-hydrogen) atoms. The lowest BCUT2D eigenvalue weighted by atomic mass is 10.1. The summed E-state index contributed by atoms with van der Waals surface area (Å²) < 4.78 is 27.8. The van der Waals surface area contributed by atoms with Crippen molar-refractivity contribution in [2.75, 3.05) is 25.0 Å². The molecule has 0 saturated carbocycles. The number of carbonyl (C=O) groups is 2. The van der Waals surface area contributed by atoms with Crippen molar-refractivity contribution in [2.45, 2.75) is 56.4 Å². The molecule has 2 aliphatic rings. The molecule has 1 N–H and O–H groups in total. The molecule has 0 spiro atoms. The number of nitrogens with one attached hydrogen (secondary N) is 1. The zero-order valence-corrected chi connectivity index (χ0v) is 19.8. The lowest BCUT2D eigenvalue weighted by molar-refractivity contribution is 0.0724. The maximum Gasteiger partial charge on any atom is 0.255 e. The molecule has 0 aliphatic carbocycles. The zero-order valence-electron chi connectivity index (χ0n) is 19.0. The Morgan fingerprint density at radius 2 is 1.58 bits per heavy atom. The van der Waals surface area contributed by atoms with Gasteiger partial charge in [0, 0.05) is 42.5 Å². The summed E-state index contributed by atoms with van der Waals surface area (Å²) in [5, 5.41) is 2.81. The number of anilines is 1. The summed E-state index contributed by atoms with van der Waals surface area (Å²) in [7, 11) is -3.67. The first-order valence-electron chi connectivity index (χ1n) is 11.7. The van der Waals surface area contributed by atoms with Crippen LogP contribution >= 0.6 is 0 Å². The minimum atomic E-state index is -3.67. The van der Waals surface area contributed by atoms with Gasteiger partial charge in [0.05, 0.1) is 4.90 Å². The van der Waals surface area contributed by atoms with E-state index in [1.807, 2.05) is 11.8 Å². The van der Waals surface area contributed by atoms with Gasteiger partial charge in [0.15, 0.2) is 0 Å². The van der Waals surface area contributed by atoms with Crippen LogP contribution in [-0.2, 0) is 10.0 Å². The van der Waals surface area contributed by atoms with Crippen LogP contribution in [0.2, 0.25) is 0 Å². The molecule has 2 amide bonds. The number of rotatable bonds is 5. The Labute approximate surface area is 195 Å². The molecule has 2 heterocycles. The Balaban J connectivity index is 1.50. The first-order valence-corrected chi connectivity index (χ1v) is 13.1. The van der Waals surface area contributed by atoms with Crippen molar-refractivity contribution in [1.29, 1.82) is 0 Å². The SMILES string of the molecule is CC1CCCCN1S(=O)(=O)c1cccc(C(=O)Nc2cccc(C(=O)N3CCCCC3)c2)c1. The van der Waals surface area contributed by atoms with E-state index in [2.05, 4.69) is 5.32 Å². The summed E-state index contributed by atoms with van der Waals surface area (Å²) >= 11 is 0. The average Bonchev–Trinajstić information content (AvgIpc) is 2.84. The molecule has 4 rings (SSSR count). The van der Waals surface area contributed by atoms with E-state index in [1.165, 1.54) is 16.4 Å². The van der Waals surface area contributed by atoms with Gasteiger partial charge in [-0.3, -0.25) is 9.59 Å². The fourth-order valence-corrected chi connectivity index (χ4v) is 6.32. The third-order valence-corrected chi connectivity index (χ3v) is 8.47. The first kappa shape index (κ1) is 23.4. The second kappa shape index (κ2) is 10.1. The Kier molecular flexibility index (Phi) is 7.14. The minimum absolute atomic E-state index is 0.0328. The summed E-state index contributed by atoms with van der Waals surface area (Å²) in [6.45, 7) is 3.93. The van der Waals surface area contributed by atoms with Crippen molar-refractivity contribution < 1.29 is 18.0 Å². The quantitative estimate of drug-likeness (QED) is 0.713. The maximum atomic E-state index is 13.2. The molecule has 0 aromatic heterocycles. The molecule has 0 bridgehead atoms. The third kappa shape index (κ3) is 5.28. The molecule has 0 radical (unpaired) electrons. The number of benzene rings is 2. The standard InChI is InChI=1S/C25H31N3O4S/c1-19-9-3-6-16-28(19)33(31,32)23-13-8-10-20(18-23)24(29)26-22-12-7-11-21(17-22)25(30)27-14-4-2-5-15-27/h7-8,10-13,17-19H,2-6,9,14-16H2,1H3,(H,26,29). The molecule has 2 saturated heterocycles. The Morgan fingerprint density at radius 3 is 2.33 bits per heavy atom. The molecular formula is C25H31N3O4S. The van der Waals surface area contributed by atoms with Crippen LogP contribution in [0.5, 0.6) is 0 Å². The molecule has 1 atom stereocenters. The second-order valence-electron chi connectivity index (χ2n) is 8.88. The highest BCUT2D eigenvalue weighted by Crippen LogP contribution is 2.26. The van der Waals surface area contributed by atoms with Gasteiger partial charge in [0.2, 0.25) is 10.0 Å². The van der Waals surface area contributed by atoms with Crippen LogP contribution in [0.25, 0.3) is 0 Å². The van der Waals surface area contributed by atoms with Gasteiger partial charge in [0.1, 0.15) is 0 Å². The van der Waals surface area contributed by atoms with Crippen LogP contribution in [0.15, 0.2) is 53.4 Å². The minimum Gasteiger partial charge on any atom is -0.339 e. The van der Waals surface area contributed by atoms with Gasteiger partial charge in [-0.2, -0.15) is 4.31 Å². The number of hydrogen-bond donors (Lipinski definition) is 1. The highest BCUT2D eigenvalue weighted by atomic mass is 32.2. The lowest BCUT2D eigenvalue weighted by Gasteiger charge is -2.32. The Hall–Kier alpha value is -2.71. The van der Waals surface area contributed by atoms with Gasteiger partial charge in [-0.05, 0) is 75.4 Å². The zero-order chi connectivity index (χ0) is 23.4. The number of amides is 2. The molecule has 2 aromatic carbocycles. The Morgan fingerprint density at radius 1 is 0.879 bits per heavy atom. The molecule has 176 valence electrons. The van der Waals surface area contributed by atoms with E-state index in [-0.39, 0.29) is 22.4 Å². The summed E-state index contributed by atoms with van der Waals surface area (Å²) in [6.07, 6.45) is 5.87. The van der Waals surface area contributed by atoms with E-state index < -0.39 is 15.9 Å². The monoisotopic (exact) mass is 469 g/mol. The largest absolute Gasteiger partial charge is 0.339 e. The predicted molar refractivity (Wildman–Crippen MR) is 128 cm³/mol. The first-order chi connectivity index (χ1) is 15.9.